The molecule has 1 saturated carbocycles. The van der Waals surface area contributed by atoms with Gasteiger partial charge < -0.3 is 26.6 Å². The molecule has 3 aromatic rings. The standard InChI is InChI=1S/C23H26N6O3/c24-19-21(29-25)27-20(28-22(19)30)15-10-11-17(13-6-8-14(9-7-13)23(31)32)18(12-15)26-16-4-2-1-3-5-16/h6-12,16,26H,1-5,24-25H2,(H,31,32)(H2,27,28,29,30). The van der Waals surface area contributed by atoms with E-state index >= 15 is 0 Å². The Labute approximate surface area is 184 Å². The first-order chi connectivity index (χ1) is 15.5. The molecule has 1 aliphatic rings. The van der Waals surface area contributed by atoms with Crippen molar-refractivity contribution in [2.75, 3.05) is 16.5 Å². The second kappa shape index (κ2) is 9.11. The van der Waals surface area contributed by atoms with E-state index in [0.717, 1.165) is 29.7 Å². The molecule has 9 nitrogen and oxygen atoms in total. The molecule has 32 heavy (non-hydrogen) atoms. The monoisotopic (exact) mass is 434 g/mol. The summed E-state index contributed by atoms with van der Waals surface area (Å²) < 4.78 is 0. The minimum atomic E-state index is -0.963. The minimum Gasteiger partial charge on any atom is -0.478 e. The zero-order chi connectivity index (χ0) is 22.7. The van der Waals surface area contributed by atoms with Crippen LogP contribution < -0.4 is 27.9 Å². The quantitative estimate of drug-likeness (QED) is 0.254. The van der Waals surface area contributed by atoms with Crippen molar-refractivity contribution in [1.82, 2.24) is 9.97 Å². The number of nitrogens with zero attached hydrogens (tertiary/aromatic N) is 1. The number of carboxylic acids is 1. The Balaban J connectivity index is 1.77. The summed E-state index contributed by atoms with van der Waals surface area (Å²) in [6, 6.07) is 12.8. The number of anilines is 3. The fourth-order valence-electron chi connectivity index (χ4n) is 4.05. The van der Waals surface area contributed by atoms with Gasteiger partial charge in [-0.25, -0.2) is 15.6 Å². The third kappa shape index (κ3) is 4.42. The summed E-state index contributed by atoms with van der Waals surface area (Å²) in [6.45, 7) is 0. The lowest BCUT2D eigenvalue weighted by Crippen LogP contribution is -2.23. The molecular formula is C23H26N6O3. The molecule has 166 valence electrons. The summed E-state index contributed by atoms with van der Waals surface area (Å²) in [4.78, 5) is 30.4. The van der Waals surface area contributed by atoms with E-state index in [-0.39, 0.29) is 17.1 Å². The van der Waals surface area contributed by atoms with Gasteiger partial charge in [-0.2, -0.15) is 0 Å². The molecule has 0 atom stereocenters. The van der Waals surface area contributed by atoms with Crippen molar-refractivity contribution in [3.05, 3.63) is 58.4 Å². The van der Waals surface area contributed by atoms with Crippen LogP contribution in [0, 0.1) is 0 Å². The number of aromatic nitrogens is 2. The molecule has 1 heterocycles. The molecule has 0 bridgehead atoms. The Hall–Kier alpha value is -3.85. The third-order valence-corrected chi connectivity index (χ3v) is 5.79. The number of hydrogen-bond acceptors (Lipinski definition) is 7. The fourth-order valence-corrected chi connectivity index (χ4v) is 4.05. The fraction of sp³-hybridized carbons (Fsp3) is 0.261. The topological polar surface area (TPSA) is 159 Å². The summed E-state index contributed by atoms with van der Waals surface area (Å²) in [5.41, 5.74) is 11.2. The van der Waals surface area contributed by atoms with Crippen molar-refractivity contribution in [3.63, 3.8) is 0 Å². The Morgan fingerprint density at radius 1 is 1.06 bits per heavy atom. The molecule has 0 amide bonds. The van der Waals surface area contributed by atoms with Gasteiger partial charge in [0.2, 0.25) is 0 Å². The van der Waals surface area contributed by atoms with Crippen LogP contribution in [-0.4, -0.2) is 27.1 Å². The first kappa shape index (κ1) is 21.4. The van der Waals surface area contributed by atoms with Gasteiger partial charge in [-0.05, 0) is 36.6 Å². The molecule has 1 fully saturated rings. The molecule has 4 rings (SSSR count). The van der Waals surface area contributed by atoms with E-state index in [2.05, 4.69) is 20.7 Å². The molecule has 1 aromatic heterocycles. The number of carbonyl (C=O) groups is 1. The lowest BCUT2D eigenvalue weighted by Gasteiger charge is -2.25. The van der Waals surface area contributed by atoms with Crippen molar-refractivity contribution < 1.29 is 9.90 Å². The van der Waals surface area contributed by atoms with Crippen LogP contribution in [0.4, 0.5) is 17.2 Å². The van der Waals surface area contributed by atoms with Crippen molar-refractivity contribution in [2.45, 2.75) is 38.1 Å². The van der Waals surface area contributed by atoms with Crippen LogP contribution in [0.3, 0.4) is 0 Å². The predicted octanol–water partition coefficient (Wildman–Crippen LogP) is 3.41. The molecular weight excluding hydrogens is 408 g/mol. The smallest absolute Gasteiger partial charge is 0.335 e. The lowest BCUT2D eigenvalue weighted by atomic mass is 9.94. The highest BCUT2D eigenvalue weighted by molar-refractivity contribution is 5.89. The Morgan fingerprint density at radius 2 is 1.75 bits per heavy atom. The van der Waals surface area contributed by atoms with E-state index in [4.69, 9.17) is 11.6 Å². The Bertz CT molecular complexity index is 1180. The van der Waals surface area contributed by atoms with Crippen LogP contribution >= 0.6 is 0 Å². The number of benzene rings is 2. The van der Waals surface area contributed by atoms with E-state index in [1.807, 2.05) is 18.2 Å². The maximum absolute atomic E-state index is 12.2. The molecule has 8 N–H and O–H groups in total. The Kier molecular flexibility index (Phi) is 6.09. The van der Waals surface area contributed by atoms with Crippen LogP contribution in [0.25, 0.3) is 22.5 Å². The van der Waals surface area contributed by atoms with Crippen molar-refractivity contribution in [2.24, 2.45) is 5.84 Å². The molecule has 0 saturated heterocycles. The Morgan fingerprint density at radius 3 is 2.41 bits per heavy atom. The summed E-state index contributed by atoms with van der Waals surface area (Å²) in [6.07, 6.45) is 5.77. The average molecular weight is 435 g/mol. The molecule has 2 aromatic carbocycles. The molecule has 0 radical (unpaired) electrons. The van der Waals surface area contributed by atoms with E-state index in [1.54, 1.807) is 24.3 Å². The van der Waals surface area contributed by atoms with Gasteiger partial charge >= 0.3 is 5.97 Å². The van der Waals surface area contributed by atoms with Crippen LogP contribution in [0.1, 0.15) is 42.5 Å². The summed E-state index contributed by atoms with van der Waals surface area (Å²) in [7, 11) is 0. The van der Waals surface area contributed by atoms with Crippen LogP contribution in [0.2, 0.25) is 0 Å². The van der Waals surface area contributed by atoms with E-state index < -0.39 is 11.5 Å². The number of nitrogens with one attached hydrogen (secondary N) is 3. The van der Waals surface area contributed by atoms with Crippen molar-refractivity contribution >= 4 is 23.2 Å². The maximum Gasteiger partial charge on any atom is 0.335 e. The average Bonchev–Trinajstić information content (AvgIpc) is 2.81. The summed E-state index contributed by atoms with van der Waals surface area (Å²) in [5, 5.41) is 12.8. The SMILES string of the molecule is NNc1nc(-c2ccc(-c3ccc(C(=O)O)cc3)c(NC3CCCCC3)c2)[nH]c(=O)c1N. The predicted molar refractivity (Wildman–Crippen MR) is 125 cm³/mol. The number of carboxylic acid groups (broad SMARTS) is 1. The highest BCUT2D eigenvalue weighted by atomic mass is 16.4. The van der Waals surface area contributed by atoms with Crippen LogP contribution in [-0.2, 0) is 0 Å². The second-order valence-electron chi connectivity index (χ2n) is 7.94. The molecule has 0 aliphatic heterocycles. The normalized spacial score (nSPS) is 14.2. The van der Waals surface area contributed by atoms with Crippen LogP contribution in [0.5, 0.6) is 0 Å². The molecule has 9 heteroatoms. The minimum absolute atomic E-state index is 0.0769. The molecule has 0 unspecified atom stereocenters. The number of aromatic amines is 1. The zero-order valence-electron chi connectivity index (χ0n) is 17.5. The summed E-state index contributed by atoms with van der Waals surface area (Å²) >= 11 is 0. The van der Waals surface area contributed by atoms with Gasteiger partial charge in [0.25, 0.3) is 5.56 Å². The van der Waals surface area contributed by atoms with Gasteiger partial charge in [-0.15, -0.1) is 0 Å². The summed E-state index contributed by atoms with van der Waals surface area (Å²) in [5.74, 6) is 4.95. The number of H-pyrrole nitrogens is 1. The number of nitrogens with two attached hydrogens (primary N) is 2. The van der Waals surface area contributed by atoms with Gasteiger partial charge in [0.15, 0.2) is 5.82 Å². The lowest BCUT2D eigenvalue weighted by molar-refractivity contribution is 0.0697. The first-order valence-electron chi connectivity index (χ1n) is 10.6. The molecule has 0 spiro atoms. The number of hydrogen-bond donors (Lipinski definition) is 6. The van der Waals surface area contributed by atoms with Crippen molar-refractivity contribution in [1.29, 1.82) is 0 Å². The maximum atomic E-state index is 12.2. The van der Waals surface area contributed by atoms with E-state index in [0.29, 0.717) is 17.4 Å². The number of hydrazine groups is 1. The van der Waals surface area contributed by atoms with Gasteiger partial charge in [0.05, 0.1) is 5.56 Å². The van der Waals surface area contributed by atoms with Crippen molar-refractivity contribution in [3.8, 4) is 22.5 Å². The van der Waals surface area contributed by atoms with Gasteiger partial charge in [0, 0.05) is 22.9 Å². The highest BCUT2D eigenvalue weighted by Gasteiger charge is 2.17. The van der Waals surface area contributed by atoms with E-state index in [9.17, 15) is 14.7 Å². The number of rotatable bonds is 6. The van der Waals surface area contributed by atoms with Gasteiger partial charge in [-0.3, -0.25) is 4.79 Å². The largest absolute Gasteiger partial charge is 0.478 e. The van der Waals surface area contributed by atoms with E-state index in [1.165, 1.54) is 19.3 Å². The van der Waals surface area contributed by atoms with Gasteiger partial charge in [0.1, 0.15) is 11.5 Å². The van der Waals surface area contributed by atoms with Gasteiger partial charge in [-0.1, -0.05) is 43.5 Å². The number of aromatic carboxylic acids is 1. The highest BCUT2D eigenvalue weighted by Crippen LogP contribution is 2.34. The third-order valence-electron chi connectivity index (χ3n) is 5.79. The van der Waals surface area contributed by atoms with Crippen LogP contribution in [0.15, 0.2) is 47.3 Å². The number of nitrogen functional groups attached to an aromatic ring is 2. The zero-order valence-corrected chi connectivity index (χ0v) is 17.5. The molecule has 1 aliphatic carbocycles. The second-order valence-corrected chi connectivity index (χ2v) is 7.94. The first-order valence-corrected chi connectivity index (χ1v) is 10.6.